The van der Waals surface area contributed by atoms with Gasteiger partial charge in [-0.05, 0) is 31.9 Å². The van der Waals surface area contributed by atoms with Crippen molar-refractivity contribution >= 4 is 17.0 Å². The number of allylic oxidation sites excluding steroid dienone is 1. The first-order valence-electron chi connectivity index (χ1n) is 12.1. The lowest BCUT2D eigenvalue weighted by atomic mass is 10.1. The van der Waals surface area contributed by atoms with Gasteiger partial charge >= 0.3 is 5.97 Å². The summed E-state index contributed by atoms with van der Waals surface area (Å²) in [6.45, 7) is 4.27. The normalized spacial score (nSPS) is 21.3. The highest BCUT2D eigenvalue weighted by molar-refractivity contribution is 7.83. The van der Waals surface area contributed by atoms with Gasteiger partial charge in [0.1, 0.15) is 17.0 Å². The zero-order chi connectivity index (χ0) is 22.5. The standard InChI is InChI=1S/C26H41NO3S/c1-4-5-6-7-8-9-10-11-12-13-14-15-16-17-24-25(26(28)30-3)27(24)31(29)23-20-18-22(2)19-21-23/h16-21,24-25H,4-15H2,1-3H3/b17-16+. The Morgan fingerprint density at radius 2 is 1.52 bits per heavy atom. The van der Waals surface area contributed by atoms with Gasteiger partial charge in [0, 0.05) is 0 Å². The van der Waals surface area contributed by atoms with E-state index in [1.54, 1.807) is 4.31 Å². The van der Waals surface area contributed by atoms with Crippen LogP contribution < -0.4 is 0 Å². The van der Waals surface area contributed by atoms with Gasteiger partial charge in [-0.2, -0.15) is 4.31 Å². The predicted octanol–water partition coefficient (Wildman–Crippen LogP) is 6.50. The molecule has 0 saturated carbocycles. The molecule has 0 aliphatic carbocycles. The van der Waals surface area contributed by atoms with Crippen LogP contribution in [0.25, 0.3) is 0 Å². The molecule has 4 atom stereocenters. The molecule has 174 valence electrons. The largest absolute Gasteiger partial charge is 0.468 e. The van der Waals surface area contributed by atoms with Crippen LogP contribution in [-0.2, 0) is 20.5 Å². The van der Waals surface area contributed by atoms with E-state index >= 15 is 0 Å². The lowest BCUT2D eigenvalue weighted by Crippen LogP contribution is -2.16. The molecule has 0 radical (unpaired) electrons. The third kappa shape index (κ3) is 8.89. The Bertz CT molecular complexity index is 701. The summed E-state index contributed by atoms with van der Waals surface area (Å²) in [4.78, 5) is 12.8. The Balaban J connectivity index is 1.64. The minimum absolute atomic E-state index is 0.137. The Morgan fingerprint density at radius 3 is 2.06 bits per heavy atom. The second-order valence-corrected chi connectivity index (χ2v) is 10.0. The van der Waals surface area contributed by atoms with Crippen molar-refractivity contribution < 1.29 is 13.7 Å². The molecular weight excluding hydrogens is 406 g/mol. The number of hydrogen-bond acceptors (Lipinski definition) is 3. The summed E-state index contributed by atoms with van der Waals surface area (Å²) in [6, 6.07) is 7.04. The van der Waals surface area contributed by atoms with Crippen LogP contribution in [0.15, 0.2) is 41.3 Å². The van der Waals surface area contributed by atoms with E-state index < -0.39 is 17.0 Å². The molecule has 0 spiro atoms. The summed E-state index contributed by atoms with van der Waals surface area (Å²) in [5.74, 6) is -0.315. The fraction of sp³-hybridized carbons (Fsp3) is 0.654. The maximum atomic E-state index is 12.9. The molecule has 1 fully saturated rings. The van der Waals surface area contributed by atoms with Crippen LogP contribution in [-0.4, -0.2) is 33.7 Å². The van der Waals surface area contributed by atoms with E-state index in [0.29, 0.717) is 0 Å². The SMILES string of the molecule is CCCCCCCCCCCCC/C=C/C1C(C(=O)OC)N1S(=O)c1ccc(C)cc1. The van der Waals surface area contributed by atoms with Gasteiger partial charge in [-0.3, -0.25) is 4.79 Å². The van der Waals surface area contributed by atoms with E-state index in [1.807, 2.05) is 37.3 Å². The van der Waals surface area contributed by atoms with Gasteiger partial charge in [0.05, 0.1) is 18.0 Å². The van der Waals surface area contributed by atoms with Crippen LogP contribution in [0.2, 0.25) is 0 Å². The molecule has 2 rings (SSSR count). The number of carbonyl (C=O) groups is 1. The first-order chi connectivity index (χ1) is 15.1. The Labute approximate surface area is 192 Å². The molecule has 4 nitrogen and oxygen atoms in total. The van der Waals surface area contributed by atoms with E-state index in [1.165, 1.54) is 77.7 Å². The van der Waals surface area contributed by atoms with Crippen molar-refractivity contribution in [1.82, 2.24) is 4.31 Å². The second kappa shape index (κ2) is 14.6. The van der Waals surface area contributed by atoms with Crippen molar-refractivity contribution in [3.63, 3.8) is 0 Å². The molecule has 5 heteroatoms. The highest BCUT2D eigenvalue weighted by Crippen LogP contribution is 2.35. The first kappa shape index (κ1) is 25.8. The van der Waals surface area contributed by atoms with Gasteiger partial charge in [0.2, 0.25) is 0 Å². The third-order valence-corrected chi connectivity index (χ3v) is 7.50. The monoisotopic (exact) mass is 447 g/mol. The quantitative estimate of drug-likeness (QED) is 0.126. The van der Waals surface area contributed by atoms with E-state index in [2.05, 4.69) is 13.0 Å². The zero-order valence-electron chi connectivity index (χ0n) is 19.7. The molecule has 1 saturated heterocycles. The molecule has 1 aliphatic rings. The summed E-state index contributed by atoms with van der Waals surface area (Å²) in [6.07, 6.45) is 19.9. The maximum absolute atomic E-state index is 12.9. The lowest BCUT2D eigenvalue weighted by molar-refractivity contribution is -0.140. The third-order valence-electron chi connectivity index (χ3n) is 5.97. The van der Waals surface area contributed by atoms with Gasteiger partial charge in [0.15, 0.2) is 0 Å². The number of unbranched alkanes of at least 4 members (excludes halogenated alkanes) is 11. The molecule has 0 amide bonds. The number of methoxy groups -OCH3 is 1. The molecule has 0 aromatic heterocycles. The van der Waals surface area contributed by atoms with Crippen molar-refractivity contribution in [2.24, 2.45) is 0 Å². The number of carbonyl (C=O) groups excluding carboxylic acids is 1. The van der Waals surface area contributed by atoms with Gasteiger partial charge in [-0.15, -0.1) is 0 Å². The van der Waals surface area contributed by atoms with Gasteiger partial charge in [0.25, 0.3) is 0 Å². The minimum atomic E-state index is -1.35. The smallest absolute Gasteiger partial charge is 0.326 e. The Morgan fingerprint density at radius 1 is 0.968 bits per heavy atom. The van der Waals surface area contributed by atoms with Crippen molar-refractivity contribution in [1.29, 1.82) is 0 Å². The Hall–Kier alpha value is -1.46. The van der Waals surface area contributed by atoms with Gasteiger partial charge < -0.3 is 4.74 Å². The number of hydrogen-bond donors (Lipinski definition) is 0. The summed E-state index contributed by atoms with van der Waals surface area (Å²) in [5.41, 5.74) is 1.12. The van der Waals surface area contributed by atoms with Crippen LogP contribution in [0.3, 0.4) is 0 Å². The molecule has 4 unspecified atom stereocenters. The molecule has 31 heavy (non-hydrogen) atoms. The minimum Gasteiger partial charge on any atom is -0.468 e. The Kier molecular flexibility index (Phi) is 12.1. The number of esters is 1. The highest BCUT2D eigenvalue weighted by Gasteiger charge is 2.55. The van der Waals surface area contributed by atoms with Crippen LogP contribution in [0, 0.1) is 6.92 Å². The fourth-order valence-electron chi connectivity index (χ4n) is 3.93. The van der Waals surface area contributed by atoms with E-state index in [4.69, 9.17) is 4.74 Å². The van der Waals surface area contributed by atoms with Crippen molar-refractivity contribution in [2.75, 3.05) is 7.11 Å². The maximum Gasteiger partial charge on any atom is 0.326 e. The number of nitrogens with zero attached hydrogens (tertiary/aromatic N) is 1. The molecule has 0 bridgehead atoms. The number of ether oxygens (including phenoxy) is 1. The summed E-state index contributed by atoms with van der Waals surface area (Å²) >= 11 is 0. The van der Waals surface area contributed by atoms with Crippen LogP contribution in [0.4, 0.5) is 0 Å². The summed E-state index contributed by atoms with van der Waals surface area (Å²) in [7, 11) is 0.0384. The van der Waals surface area contributed by atoms with Crippen molar-refractivity contribution in [3.8, 4) is 0 Å². The topological polar surface area (TPSA) is 46.4 Å². The summed E-state index contributed by atoms with van der Waals surface area (Å²) < 4.78 is 19.5. The zero-order valence-corrected chi connectivity index (χ0v) is 20.5. The fourth-order valence-corrected chi connectivity index (χ4v) is 5.32. The van der Waals surface area contributed by atoms with Gasteiger partial charge in [-0.1, -0.05) is 101 Å². The molecule has 1 aliphatic heterocycles. The predicted molar refractivity (Wildman–Crippen MR) is 129 cm³/mol. The number of rotatable bonds is 16. The van der Waals surface area contributed by atoms with E-state index in [-0.39, 0.29) is 12.0 Å². The first-order valence-corrected chi connectivity index (χ1v) is 13.2. The second-order valence-electron chi connectivity index (χ2n) is 8.63. The number of benzene rings is 1. The average molecular weight is 448 g/mol. The lowest BCUT2D eigenvalue weighted by Gasteiger charge is -2.04. The average Bonchev–Trinajstić information content (AvgIpc) is 3.50. The van der Waals surface area contributed by atoms with E-state index in [0.717, 1.165) is 16.9 Å². The van der Waals surface area contributed by atoms with E-state index in [9.17, 15) is 9.00 Å². The van der Waals surface area contributed by atoms with Crippen LogP contribution in [0.5, 0.6) is 0 Å². The van der Waals surface area contributed by atoms with Crippen LogP contribution >= 0.6 is 0 Å². The van der Waals surface area contributed by atoms with Crippen molar-refractivity contribution in [2.45, 2.75) is 108 Å². The van der Waals surface area contributed by atoms with Crippen molar-refractivity contribution in [3.05, 3.63) is 42.0 Å². The molecular formula is C26H41NO3S. The van der Waals surface area contributed by atoms with Crippen LogP contribution in [0.1, 0.15) is 89.5 Å². The molecule has 1 heterocycles. The molecule has 1 aromatic rings. The summed E-state index contributed by atoms with van der Waals surface area (Å²) in [5, 5.41) is 0. The molecule has 0 N–H and O–H groups in total. The van der Waals surface area contributed by atoms with Gasteiger partial charge in [-0.25, -0.2) is 4.21 Å². The highest BCUT2D eigenvalue weighted by atomic mass is 32.2. The number of aryl methyl sites for hydroxylation is 1. The molecule has 1 aromatic carbocycles.